The highest BCUT2D eigenvalue weighted by atomic mass is 35.5. The summed E-state index contributed by atoms with van der Waals surface area (Å²) in [6.45, 7) is 3.01. The Bertz CT molecular complexity index is 588. The molecule has 0 saturated heterocycles. The van der Waals surface area contributed by atoms with Crippen LogP contribution in [0, 0.1) is 6.92 Å². The minimum absolute atomic E-state index is 0.707. The predicted octanol–water partition coefficient (Wildman–Crippen LogP) is 4.57. The predicted molar refractivity (Wildman–Crippen MR) is 81.5 cm³/mol. The molecule has 0 atom stereocenters. The smallest absolute Gasteiger partial charge is 0.0451 e. The van der Waals surface area contributed by atoms with Crippen molar-refractivity contribution in [1.82, 2.24) is 5.32 Å². The lowest BCUT2D eigenvalue weighted by molar-refractivity contribution is 0.688. The molecule has 0 amide bonds. The third-order valence-corrected chi connectivity index (χ3v) is 4.03. The van der Waals surface area contributed by atoms with Gasteiger partial charge in [-0.3, -0.25) is 0 Å². The van der Waals surface area contributed by atoms with E-state index in [0.29, 0.717) is 6.04 Å². The van der Waals surface area contributed by atoms with E-state index in [4.69, 9.17) is 11.6 Å². The van der Waals surface area contributed by atoms with Crippen molar-refractivity contribution in [3.8, 4) is 11.1 Å². The maximum Gasteiger partial charge on any atom is 0.0451 e. The summed E-state index contributed by atoms with van der Waals surface area (Å²) in [6, 6.07) is 15.5. The fourth-order valence-electron chi connectivity index (χ4n) is 2.32. The summed E-state index contributed by atoms with van der Waals surface area (Å²) in [5.41, 5.74) is 5.02. The summed E-state index contributed by atoms with van der Waals surface area (Å²) >= 11 is 6.29. The Morgan fingerprint density at radius 3 is 2.68 bits per heavy atom. The molecule has 0 radical (unpaired) electrons. The average Bonchev–Trinajstić information content (AvgIpc) is 3.23. The zero-order valence-corrected chi connectivity index (χ0v) is 11.9. The molecule has 0 aliphatic heterocycles. The molecule has 0 aromatic heterocycles. The van der Waals surface area contributed by atoms with Crippen LogP contribution in [0.4, 0.5) is 0 Å². The second-order valence-electron chi connectivity index (χ2n) is 5.28. The van der Waals surface area contributed by atoms with Gasteiger partial charge in [0.15, 0.2) is 0 Å². The molecule has 98 valence electrons. The Labute approximate surface area is 119 Å². The van der Waals surface area contributed by atoms with E-state index in [9.17, 15) is 0 Å². The average molecular weight is 272 g/mol. The number of hydrogen-bond donors (Lipinski definition) is 1. The molecule has 3 rings (SSSR count). The van der Waals surface area contributed by atoms with Crippen molar-refractivity contribution in [3.63, 3.8) is 0 Å². The first-order valence-electron chi connectivity index (χ1n) is 6.82. The van der Waals surface area contributed by atoms with E-state index < -0.39 is 0 Å². The molecule has 0 unspecified atom stereocenters. The molecule has 2 aromatic rings. The standard InChI is InChI=1S/C17H18ClN/c1-12-4-2-3-5-16(12)13-6-9-17(18)14(10-13)11-19-15-7-8-15/h2-6,9-10,15,19H,7-8,11H2,1H3. The highest BCUT2D eigenvalue weighted by Gasteiger charge is 2.20. The number of rotatable bonds is 4. The summed E-state index contributed by atoms with van der Waals surface area (Å²) in [5, 5.41) is 4.37. The summed E-state index contributed by atoms with van der Waals surface area (Å²) in [4.78, 5) is 0. The molecule has 19 heavy (non-hydrogen) atoms. The minimum atomic E-state index is 0.707. The van der Waals surface area contributed by atoms with Crippen molar-refractivity contribution in [2.45, 2.75) is 32.4 Å². The quantitative estimate of drug-likeness (QED) is 0.859. The summed E-state index contributed by atoms with van der Waals surface area (Å²) < 4.78 is 0. The van der Waals surface area contributed by atoms with Crippen LogP contribution in [-0.4, -0.2) is 6.04 Å². The fourth-order valence-corrected chi connectivity index (χ4v) is 2.50. The van der Waals surface area contributed by atoms with E-state index in [1.54, 1.807) is 0 Å². The van der Waals surface area contributed by atoms with Gasteiger partial charge >= 0.3 is 0 Å². The Balaban J connectivity index is 1.89. The van der Waals surface area contributed by atoms with E-state index in [0.717, 1.165) is 11.6 Å². The van der Waals surface area contributed by atoms with Crippen molar-refractivity contribution in [3.05, 3.63) is 58.6 Å². The molecule has 2 heteroatoms. The van der Waals surface area contributed by atoms with Gasteiger partial charge in [0, 0.05) is 17.6 Å². The molecule has 1 saturated carbocycles. The normalized spacial score (nSPS) is 14.6. The molecule has 1 N–H and O–H groups in total. The monoisotopic (exact) mass is 271 g/mol. The lowest BCUT2D eigenvalue weighted by Gasteiger charge is -2.10. The van der Waals surface area contributed by atoms with Crippen LogP contribution < -0.4 is 5.32 Å². The third-order valence-electron chi connectivity index (χ3n) is 3.66. The molecule has 1 fully saturated rings. The van der Waals surface area contributed by atoms with Crippen LogP contribution in [0.15, 0.2) is 42.5 Å². The molecule has 0 bridgehead atoms. The first-order valence-corrected chi connectivity index (χ1v) is 7.19. The van der Waals surface area contributed by atoms with Crippen LogP contribution in [0.3, 0.4) is 0 Å². The fraction of sp³-hybridized carbons (Fsp3) is 0.294. The molecular weight excluding hydrogens is 254 g/mol. The lowest BCUT2D eigenvalue weighted by atomic mass is 9.99. The Hall–Kier alpha value is -1.31. The van der Waals surface area contributed by atoms with E-state index in [1.807, 2.05) is 6.07 Å². The molecule has 0 spiro atoms. The summed E-state index contributed by atoms with van der Waals surface area (Å²) in [6.07, 6.45) is 2.60. The maximum absolute atomic E-state index is 6.29. The van der Waals surface area contributed by atoms with Gasteiger partial charge in [0.2, 0.25) is 0 Å². The number of halogens is 1. The van der Waals surface area contributed by atoms with Crippen LogP contribution in [0.5, 0.6) is 0 Å². The van der Waals surface area contributed by atoms with E-state index in [1.165, 1.54) is 35.1 Å². The van der Waals surface area contributed by atoms with Crippen LogP contribution >= 0.6 is 11.6 Å². The largest absolute Gasteiger partial charge is 0.310 e. The minimum Gasteiger partial charge on any atom is -0.310 e. The van der Waals surface area contributed by atoms with Crippen LogP contribution in [-0.2, 0) is 6.54 Å². The van der Waals surface area contributed by atoms with Crippen molar-refractivity contribution >= 4 is 11.6 Å². The van der Waals surface area contributed by atoms with E-state index in [-0.39, 0.29) is 0 Å². The second kappa shape index (κ2) is 5.36. The molecule has 2 aromatic carbocycles. The number of benzene rings is 2. The van der Waals surface area contributed by atoms with Gasteiger partial charge in [0.05, 0.1) is 0 Å². The van der Waals surface area contributed by atoms with Gasteiger partial charge in [-0.15, -0.1) is 0 Å². The first-order chi connectivity index (χ1) is 9.24. The van der Waals surface area contributed by atoms with Crippen molar-refractivity contribution in [1.29, 1.82) is 0 Å². The highest BCUT2D eigenvalue weighted by Crippen LogP contribution is 2.28. The Kier molecular flexibility index (Phi) is 3.58. The molecular formula is C17H18ClN. The first kappa shape index (κ1) is 12.7. The van der Waals surface area contributed by atoms with Crippen LogP contribution in [0.25, 0.3) is 11.1 Å². The zero-order chi connectivity index (χ0) is 13.2. The SMILES string of the molecule is Cc1ccccc1-c1ccc(Cl)c(CNC2CC2)c1. The van der Waals surface area contributed by atoms with Crippen molar-refractivity contribution in [2.24, 2.45) is 0 Å². The van der Waals surface area contributed by atoms with Gasteiger partial charge in [-0.2, -0.15) is 0 Å². The third kappa shape index (κ3) is 2.99. The van der Waals surface area contributed by atoms with E-state index >= 15 is 0 Å². The maximum atomic E-state index is 6.29. The Morgan fingerprint density at radius 1 is 1.16 bits per heavy atom. The van der Waals surface area contributed by atoms with Gasteiger partial charge in [0.1, 0.15) is 0 Å². The van der Waals surface area contributed by atoms with Crippen molar-refractivity contribution in [2.75, 3.05) is 0 Å². The van der Waals surface area contributed by atoms with Gasteiger partial charge in [-0.25, -0.2) is 0 Å². The molecule has 1 nitrogen and oxygen atoms in total. The van der Waals surface area contributed by atoms with E-state index in [2.05, 4.69) is 48.6 Å². The van der Waals surface area contributed by atoms with Gasteiger partial charge in [0.25, 0.3) is 0 Å². The second-order valence-corrected chi connectivity index (χ2v) is 5.68. The molecule has 1 aliphatic carbocycles. The highest BCUT2D eigenvalue weighted by molar-refractivity contribution is 6.31. The zero-order valence-electron chi connectivity index (χ0n) is 11.1. The topological polar surface area (TPSA) is 12.0 Å². The van der Waals surface area contributed by atoms with Crippen molar-refractivity contribution < 1.29 is 0 Å². The van der Waals surface area contributed by atoms with Gasteiger partial charge in [-0.05, 0) is 54.2 Å². The molecule has 0 heterocycles. The van der Waals surface area contributed by atoms with Crippen LogP contribution in [0.2, 0.25) is 5.02 Å². The summed E-state index contributed by atoms with van der Waals surface area (Å²) in [7, 11) is 0. The lowest BCUT2D eigenvalue weighted by Crippen LogP contribution is -2.15. The summed E-state index contributed by atoms with van der Waals surface area (Å²) in [5.74, 6) is 0. The van der Waals surface area contributed by atoms with Crippen LogP contribution in [0.1, 0.15) is 24.0 Å². The number of aryl methyl sites for hydroxylation is 1. The van der Waals surface area contributed by atoms with Gasteiger partial charge < -0.3 is 5.32 Å². The number of nitrogens with one attached hydrogen (secondary N) is 1. The molecule has 1 aliphatic rings. The Morgan fingerprint density at radius 2 is 1.95 bits per heavy atom. The number of hydrogen-bond acceptors (Lipinski definition) is 1. The van der Waals surface area contributed by atoms with Gasteiger partial charge in [-0.1, -0.05) is 41.9 Å².